The highest BCUT2D eigenvalue weighted by Crippen LogP contribution is 2.33. The van der Waals surface area contributed by atoms with Crippen LogP contribution >= 0.6 is 0 Å². The zero-order valence-corrected chi connectivity index (χ0v) is 15.3. The standard InChI is InChI=1S/C17H27N5O4/c1-4-17(5-2,6-3)21-14-11-15(19-8-18-14)22(9-20-11)16-13(25)12(24)10(7-23)26-16/h8-10,12-13,16,23-25H,4-7H2,1-3H3,(H,18,19,21)/t10-,12-,13-,16-/m1/s1. The quantitative estimate of drug-likeness (QED) is 0.568. The first-order valence-electron chi connectivity index (χ1n) is 9.08. The van der Waals surface area contributed by atoms with Gasteiger partial charge in [0.1, 0.15) is 24.6 Å². The van der Waals surface area contributed by atoms with E-state index in [1.54, 1.807) is 4.57 Å². The minimum atomic E-state index is -1.18. The summed E-state index contributed by atoms with van der Waals surface area (Å²) in [5, 5.41) is 33.0. The van der Waals surface area contributed by atoms with Crippen molar-refractivity contribution in [2.24, 2.45) is 0 Å². The Hall–Kier alpha value is -1.81. The Morgan fingerprint density at radius 3 is 2.38 bits per heavy atom. The Bertz CT molecular complexity index is 740. The summed E-state index contributed by atoms with van der Waals surface area (Å²) in [5.41, 5.74) is 0.992. The van der Waals surface area contributed by atoms with E-state index in [0.29, 0.717) is 17.0 Å². The Kier molecular flexibility index (Phi) is 5.42. The maximum atomic E-state index is 10.3. The normalized spacial score (nSPS) is 26.5. The van der Waals surface area contributed by atoms with E-state index in [1.807, 2.05) is 0 Å². The lowest BCUT2D eigenvalue weighted by Gasteiger charge is -2.32. The Morgan fingerprint density at radius 1 is 1.12 bits per heavy atom. The first kappa shape index (κ1) is 19.0. The molecule has 0 spiro atoms. The number of fused-ring (bicyclic) bond motifs is 1. The smallest absolute Gasteiger partial charge is 0.167 e. The molecule has 2 aromatic rings. The number of anilines is 1. The van der Waals surface area contributed by atoms with Gasteiger partial charge in [-0.1, -0.05) is 20.8 Å². The zero-order chi connectivity index (χ0) is 18.9. The molecule has 0 aromatic carbocycles. The van der Waals surface area contributed by atoms with Gasteiger partial charge in [0, 0.05) is 5.54 Å². The predicted molar refractivity (Wildman–Crippen MR) is 95.6 cm³/mol. The molecular weight excluding hydrogens is 338 g/mol. The lowest BCUT2D eigenvalue weighted by molar-refractivity contribution is -0.0511. The van der Waals surface area contributed by atoms with Crippen molar-refractivity contribution in [2.75, 3.05) is 11.9 Å². The average molecular weight is 365 g/mol. The fourth-order valence-corrected chi connectivity index (χ4v) is 3.51. The molecule has 0 amide bonds. The predicted octanol–water partition coefficient (Wildman–Crippen LogP) is 0.818. The van der Waals surface area contributed by atoms with Gasteiger partial charge in [-0.2, -0.15) is 0 Å². The number of hydrogen-bond donors (Lipinski definition) is 4. The largest absolute Gasteiger partial charge is 0.394 e. The molecule has 1 aliphatic rings. The number of nitrogens with zero attached hydrogens (tertiary/aromatic N) is 4. The molecule has 3 rings (SSSR count). The fraction of sp³-hybridized carbons (Fsp3) is 0.706. The van der Waals surface area contributed by atoms with E-state index < -0.39 is 24.5 Å². The number of nitrogens with one attached hydrogen (secondary N) is 1. The summed E-state index contributed by atoms with van der Waals surface area (Å²) in [6.07, 6.45) is 1.71. The van der Waals surface area contributed by atoms with Crippen LogP contribution < -0.4 is 5.32 Å². The van der Waals surface area contributed by atoms with Crippen LogP contribution in [0.3, 0.4) is 0 Å². The second kappa shape index (κ2) is 7.43. The van der Waals surface area contributed by atoms with Gasteiger partial charge in [0.25, 0.3) is 0 Å². The lowest BCUT2D eigenvalue weighted by Crippen LogP contribution is -2.36. The molecule has 1 saturated heterocycles. The third kappa shape index (κ3) is 3.05. The minimum absolute atomic E-state index is 0.0768. The summed E-state index contributed by atoms with van der Waals surface area (Å²) in [6.45, 7) is 6.03. The molecule has 0 radical (unpaired) electrons. The van der Waals surface area contributed by atoms with Gasteiger partial charge in [0.2, 0.25) is 0 Å². The van der Waals surface area contributed by atoms with Crippen LogP contribution in [0.4, 0.5) is 5.82 Å². The van der Waals surface area contributed by atoms with Crippen molar-refractivity contribution in [2.45, 2.75) is 70.1 Å². The fourth-order valence-electron chi connectivity index (χ4n) is 3.51. The zero-order valence-electron chi connectivity index (χ0n) is 15.3. The molecule has 0 saturated carbocycles. The molecule has 9 heteroatoms. The van der Waals surface area contributed by atoms with Crippen LogP contribution in [0.25, 0.3) is 11.2 Å². The van der Waals surface area contributed by atoms with Crippen molar-refractivity contribution in [3.05, 3.63) is 12.7 Å². The van der Waals surface area contributed by atoms with Gasteiger partial charge >= 0.3 is 0 Å². The van der Waals surface area contributed by atoms with E-state index in [4.69, 9.17) is 4.74 Å². The maximum Gasteiger partial charge on any atom is 0.167 e. The molecule has 26 heavy (non-hydrogen) atoms. The molecule has 2 aromatic heterocycles. The number of rotatable bonds is 7. The maximum absolute atomic E-state index is 10.3. The topological polar surface area (TPSA) is 126 Å². The van der Waals surface area contributed by atoms with Crippen molar-refractivity contribution < 1.29 is 20.1 Å². The second-order valence-corrected chi connectivity index (χ2v) is 6.74. The van der Waals surface area contributed by atoms with Gasteiger partial charge in [-0.05, 0) is 19.3 Å². The van der Waals surface area contributed by atoms with Crippen molar-refractivity contribution in [1.29, 1.82) is 0 Å². The van der Waals surface area contributed by atoms with Crippen LogP contribution in [-0.4, -0.2) is 65.3 Å². The van der Waals surface area contributed by atoms with E-state index in [9.17, 15) is 15.3 Å². The van der Waals surface area contributed by atoms with Crippen LogP contribution in [-0.2, 0) is 4.74 Å². The van der Waals surface area contributed by atoms with E-state index >= 15 is 0 Å². The SMILES string of the molecule is CCC(CC)(CC)Nc1ncnc2c1ncn2[C@@H]1O[C@H](CO)[C@@H](O)[C@H]1O. The molecule has 9 nitrogen and oxygen atoms in total. The lowest BCUT2D eigenvalue weighted by atomic mass is 9.90. The van der Waals surface area contributed by atoms with Crippen molar-refractivity contribution in [3.8, 4) is 0 Å². The number of ether oxygens (including phenoxy) is 1. The van der Waals surface area contributed by atoms with Crippen LogP contribution in [0, 0.1) is 0 Å². The van der Waals surface area contributed by atoms with E-state index in [2.05, 4.69) is 41.0 Å². The van der Waals surface area contributed by atoms with Gasteiger partial charge in [0.15, 0.2) is 23.2 Å². The van der Waals surface area contributed by atoms with E-state index in [1.165, 1.54) is 12.7 Å². The highest BCUT2D eigenvalue weighted by atomic mass is 16.6. The van der Waals surface area contributed by atoms with Gasteiger partial charge < -0.3 is 25.4 Å². The first-order chi connectivity index (χ1) is 12.5. The van der Waals surface area contributed by atoms with Gasteiger partial charge in [0.05, 0.1) is 12.9 Å². The van der Waals surface area contributed by atoms with Crippen LogP contribution in [0.2, 0.25) is 0 Å². The Morgan fingerprint density at radius 2 is 1.81 bits per heavy atom. The molecule has 1 fully saturated rings. The summed E-state index contributed by atoms with van der Waals surface area (Å²) < 4.78 is 7.15. The molecule has 4 atom stereocenters. The average Bonchev–Trinajstić information content (AvgIpc) is 3.22. The monoisotopic (exact) mass is 365 g/mol. The van der Waals surface area contributed by atoms with Crippen LogP contribution in [0.1, 0.15) is 46.3 Å². The van der Waals surface area contributed by atoms with Gasteiger partial charge in [-0.3, -0.25) is 4.57 Å². The van der Waals surface area contributed by atoms with Crippen molar-refractivity contribution in [1.82, 2.24) is 19.5 Å². The molecule has 0 bridgehead atoms. The molecular formula is C17H27N5O4. The summed E-state index contributed by atoms with van der Waals surface area (Å²) >= 11 is 0. The number of aromatic nitrogens is 4. The molecule has 3 heterocycles. The Labute approximate surface area is 152 Å². The molecule has 144 valence electrons. The van der Waals surface area contributed by atoms with Crippen LogP contribution in [0.5, 0.6) is 0 Å². The number of imidazole rings is 1. The molecule has 4 N–H and O–H groups in total. The van der Waals surface area contributed by atoms with Gasteiger partial charge in [-0.25, -0.2) is 15.0 Å². The molecule has 1 aliphatic heterocycles. The summed E-state index contributed by atoms with van der Waals surface area (Å²) in [5.74, 6) is 0.631. The van der Waals surface area contributed by atoms with Crippen molar-refractivity contribution >= 4 is 17.0 Å². The Balaban J connectivity index is 1.97. The summed E-state index contributed by atoms with van der Waals surface area (Å²) in [7, 11) is 0. The van der Waals surface area contributed by atoms with E-state index in [0.717, 1.165) is 19.3 Å². The highest BCUT2D eigenvalue weighted by Gasteiger charge is 2.44. The number of aliphatic hydroxyl groups excluding tert-OH is 3. The summed E-state index contributed by atoms with van der Waals surface area (Å²) in [6, 6.07) is 0. The first-order valence-corrected chi connectivity index (χ1v) is 9.08. The van der Waals surface area contributed by atoms with E-state index in [-0.39, 0.29) is 12.1 Å². The van der Waals surface area contributed by atoms with Crippen molar-refractivity contribution in [3.63, 3.8) is 0 Å². The highest BCUT2D eigenvalue weighted by molar-refractivity contribution is 5.83. The number of aliphatic hydroxyl groups is 3. The third-order valence-corrected chi connectivity index (χ3v) is 5.56. The second-order valence-electron chi connectivity index (χ2n) is 6.74. The third-order valence-electron chi connectivity index (χ3n) is 5.56. The molecule has 0 aliphatic carbocycles. The number of hydrogen-bond acceptors (Lipinski definition) is 8. The minimum Gasteiger partial charge on any atom is -0.394 e. The summed E-state index contributed by atoms with van der Waals surface area (Å²) in [4.78, 5) is 13.0. The molecule has 0 unspecified atom stereocenters. The van der Waals surface area contributed by atoms with Crippen LogP contribution in [0.15, 0.2) is 12.7 Å². The van der Waals surface area contributed by atoms with Gasteiger partial charge in [-0.15, -0.1) is 0 Å².